The standard InChI is InChI=1S/C16H14ClNO2/c1-16(19,12-5-3-4-11(8-12)10-18)13-6-7-14(17)15(9-13)20-2/h3-9,19H,1-2H3. The Labute approximate surface area is 123 Å². The van der Waals surface area contributed by atoms with Crippen LogP contribution in [0.5, 0.6) is 5.75 Å². The fraction of sp³-hybridized carbons (Fsp3) is 0.188. The highest BCUT2D eigenvalue weighted by molar-refractivity contribution is 6.32. The lowest BCUT2D eigenvalue weighted by molar-refractivity contribution is 0.102. The van der Waals surface area contributed by atoms with E-state index in [0.29, 0.717) is 27.5 Å². The fourth-order valence-electron chi connectivity index (χ4n) is 2.02. The van der Waals surface area contributed by atoms with Crippen LogP contribution in [0, 0.1) is 11.3 Å². The van der Waals surface area contributed by atoms with Crippen LogP contribution in [0.25, 0.3) is 0 Å². The maximum Gasteiger partial charge on any atom is 0.137 e. The van der Waals surface area contributed by atoms with E-state index in [2.05, 4.69) is 6.07 Å². The van der Waals surface area contributed by atoms with Gasteiger partial charge in [0.2, 0.25) is 0 Å². The van der Waals surface area contributed by atoms with Gasteiger partial charge in [-0.3, -0.25) is 0 Å². The SMILES string of the molecule is COc1cc(C(C)(O)c2cccc(C#N)c2)ccc1Cl. The van der Waals surface area contributed by atoms with Gasteiger partial charge in [-0.1, -0.05) is 29.8 Å². The van der Waals surface area contributed by atoms with E-state index in [1.165, 1.54) is 7.11 Å². The van der Waals surface area contributed by atoms with Crippen LogP contribution in [0.1, 0.15) is 23.6 Å². The van der Waals surface area contributed by atoms with Crippen molar-refractivity contribution in [2.45, 2.75) is 12.5 Å². The molecule has 0 bridgehead atoms. The lowest BCUT2D eigenvalue weighted by Crippen LogP contribution is -2.22. The summed E-state index contributed by atoms with van der Waals surface area (Å²) >= 11 is 5.99. The Kier molecular flexibility index (Phi) is 3.99. The van der Waals surface area contributed by atoms with Crippen LogP contribution in [0.4, 0.5) is 0 Å². The summed E-state index contributed by atoms with van der Waals surface area (Å²) in [4.78, 5) is 0. The van der Waals surface area contributed by atoms with Gasteiger partial charge in [0.15, 0.2) is 0 Å². The molecule has 0 aliphatic rings. The molecule has 0 aliphatic carbocycles. The van der Waals surface area contributed by atoms with Crippen molar-refractivity contribution in [1.29, 1.82) is 5.26 Å². The molecule has 0 spiro atoms. The second kappa shape index (κ2) is 5.54. The Hall–Kier alpha value is -2.02. The minimum atomic E-state index is -1.23. The normalized spacial score (nSPS) is 13.3. The van der Waals surface area contributed by atoms with Gasteiger partial charge < -0.3 is 9.84 Å². The van der Waals surface area contributed by atoms with E-state index in [4.69, 9.17) is 21.6 Å². The molecule has 0 saturated heterocycles. The number of aliphatic hydroxyl groups is 1. The number of nitrogens with zero attached hydrogens (tertiary/aromatic N) is 1. The molecular weight excluding hydrogens is 274 g/mol. The third kappa shape index (κ3) is 2.62. The van der Waals surface area contributed by atoms with Crippen molar-refractivity contribution in [2.24, 2.45) is 0 Å². The average Bonchev–Trinajstić information content (AvgIpc) is 2.47. The van der Waals surface area contributed by atoms with Crippen molar-refractivity contribution < 1.29 is 9.84 Å². The van der Waals surface area contributed by atoms with E-state index in [-0.39, 0.29) is 0 Å². The number of halogens is 1. The third-order valence-corrected chi connectivity index (χ3v) is 3.58. The van der Waals surface area contributed by atoms with Gasteiger partial charge in [0.1, 0.15) is 11.4 Å². The molecule has 4 heteroatoms. The molecule has 2 aromatic rings. The summed E-state index contributed by atoms with van der Waals surface area (Å²) in [6.45, 7) is 1.67. The van der Waals surface area contributed by atoms with Crippen LogP contribution < -0.4 is 4.74 Å². The second-order valence-electron chi connectivity index (χ2n) is 4.61. The van der Waals surface area contributed by atoms with Crippen molar-refractivity contribution in [3.63, 3.8) is 0 Å². The summed E-state index contributed by atoms with van der Waals surface area (Å²) in [5.41, 5.74) is 0.559. The maximum absolute atomic E-state index is 10.8. The molecular formula is C16H14ClNO2. The van der Waals surface area contributed by atoms with E-state index < -0.39 is 5.60 Å². The van der Waals surface area contributed by atoms with E-state index in [1.807, 2.05) is 0 Å². The lowest BCUT2D eigenvalue weighted by Gasteiger charge is -2.25. The molecule has 0 fully saturated rings. The first-order chi connectivity index (χ1) is 9.48. The van der Waals surface area contributed by atoms with Crippen molar-refractivity contribution in [3.8, 4) is 11.8 Å². The van der Waals surface area contributed by atoms with Gasteiger partial charge in [0.05, 0.1) is 23.8 Å². The van der Waals surface area contributed by atoms with Crippen LogP contribution in [0.15, 0.2) is 42.5 Å². The maximum atomic E-state index is 10.8. The number of nitriles is 1. The summed E-state index contributed by atoms with van der Waals surface area (Å²) in [7, 11) is 1.52. The molecule has 0 radical (unpaired) electrons. The smallest absolute Gasteiger partial charge is 0.137 e. The Morgan fingerprint density at radius 1 is 1.20 bits per heavy atom. The molecule has 2 aromatic carbocycles. The molecule has 1 unspecified atom stereocenters. The van der Waals surface area contributed by atoms with Gasteiger partial charge in [-0.15, -0.1) is 0 Å². The van der Waals surface area contributed by atoms with Gasteiger partial charge >= 0.3 is 0 Å². The van der Waals surface area contributed by atoms with Gasteiger partial charge in [0.25, 0.3) is 0 Å². The molecule has 1 atom stereocenters. The van der Waals surface area contributed by atoms with Crippen LogP contribution in [-0.4, -0.2) is 12.2 Å². The molecule has 1 N–H and O–H groups in total. The number of hydrogen-bond donors (Lipinski definition) is 1. The van der Waals surface area contributed by atoms with E-state index in [0.717, 1.165) is 0 Å². The molecule has 3 nitrogen and oxygen atoms in total. The van der Waals surface area contributed by atoms with E-state index >= 15 is 0 Å². The molecule has 0 aliphatic heterocycles. The van der Waals surface area contributed by atoms with E-state index in [1.54, 1.807) is 49.4 Å². The molecule has 102 valence electrons. The number of rotatable bonds is 3. The quantitative estimate of drug-likeness (QED) is 0.940. The molecule has 0 heterocycles. The number of ether oxygens (including phenoxy) is 1. The molecule has 0 amide bonds. The highest BCUT2D eigenvalue weighted by Crippen LogP contribution is 2.34. The molecule has 0 saturated carbocycles. The molecule has 20 heavy (non-hydrogen) atoms. The van der Waals surface area contributed by atoms with Crippen molar-refractivity contribution in [2.75, 3.05) is 7.11 Å². The second-order valence-corrected chi connectivity index (χ2v) is 5.02. The summed E-state index contributed by atoms with van der Waals surface area (Å²) < 4.78 is 5.17. The Balaban J connectivity index is 2.51. The van der Waals surface area contributed by atoms with Crippen LogP contribution >= 0.6 is 11.6 Å². The van der Waals surface area contributed by atoms with Gasteiger partial charge in [0, 0.05) is 0 Å². The first-order valence-corrected chi connectivity index (χ1v) is 6.44. The fourth-order valence-corrected chi connectivity index (χ4v) is 2.22. The summed E-state index contributed by atoms with van der Waals surface area (Å²) in [5, 5.41) is 20.2. The lowest BCUT2D eigenvalue weighted by atomic mass is 9.87. The zero-order valence-electron chi connectivity index (χ0n) is 11.2. The summed E-state index contributed by atoms with van der Waals surface area (Å²) in [6, 6.07) is 14.1. The monoisotopic (exact) mass is 287 g/mol. The van der Waals surface area contributed by atoms with Crippen molar-refractivity contribution in [1.82, 2.24) is 0 Å². The topological polar surface area (TPSA) is 53.2 Å². The zero-order chi connectivity index (χ0) is 14.8. The Morgan fingerprint density at radius 3 is 2.55 bits per heavy atom. The van der Waals surface area contributed by atoms with Crippen molar-refractivity contribution >= 4 is 11.6 Å². The minimum Gasteiger partial charge on any atom is -0.495 e. The van der Waals surface area contributed by atoms with Gasteiger partial charge in [-0.25, -0.2) is 0 Å². The minimum absolute atomic E-state index is 0.484. The third-order valence-electron chi connectivity index (χ3n) is 3.27. The predicted octanol–water partition coefficient (Wildman–Crippen LogP) is 3.48. The Morgan fingerprint density at radius 2 is 1.90 bits per heavy atom. The number of benzene rings is 2. The largest absolute Gasteiger partial charge is 0.495 e. The van der Waals surface area contributed by atoms with Crippen LogP contribution in [0.3, 0.4) is 0 Å². The van der Waals surface area contributed by atoms with Gasteiger partial charge in [-0.05, 0) is 42.3 Å². The van der Waals surface area contributed by atoms with E-state index in [9.17, 15) is 5.11 Å². The van der Waals surface area contributed by atoms with Crippen LogP contribution in [0.2, 0.25) is 5.02 Å². The Bertz CT molecular complexity index is 674. The first kappa shape index (κ1) is 14.4. The number of hydrogen-bond acceptors (Lipinski definition) is 3. The van der Waals surface area contributed by atoms with Gasteiger partial charge in [-0.2, -0.15) is 5.26 Å². The summed E-state index contributed by atoms with van der Waals surface area (Å²) in [6.07, 6.45) is 0. The molecule has 2 rings (SSSR count). The number of methoxy groups -OCH3 is 1. The molecule has 0 aromatic heterocycles. The highest BCUT2D eigenvalue weighted by atomic mass is 35.5. The van der Waals surface area contributed by atoms with Crippen LogP contribution in [-0.2, 0) is 5.60 Å². The zero-order valence-corrected chi connectivity index (χ0v) is 12.0. The predicted molar refractivity (Wildman–Crippen MR) is 77.8 cm³/mol. The summed E-state index contributed by atoms with van der Waals surface area (Å²) in [5.74, 6) is 0.501. The van der Waals surface area contributed by atoms with Crippen molar-refractivity contribution in [3.05, 3.63) is 64.2 Å². The first-order valence-electron chi connectivity index (χ1n) is 6.06. The highest BCUT2D eigenvalue weighted by Gasteiger charge is 2.26. The average molecular weight is 288 g/mol.